The molecule has 0 aliphatic rings. The lowest BCUT2D eigenvalue weighted by atomic mass is 10.1. The highest BCUT2D eigenvalue weighted by Crippen LogP contribution is 2.02. The van der Waals surface area contributed by atoms with E-state index in [9.17, 15) is 19.2 Å². The molecule has 16 heteroatoms. The Morgan fingerprint density at radius 3 is 1.47 bits per heavy atom. The van der Waals surface area contributed by atoms with Gasteiger partial charge >= 0.3 is 0 Å². The van der Waals surface area contributed by atoms with Crippen molar-refractivity contribution in [3.05, 3.63) is 54.1 Å². The quantitative estimate of drug-likeness (QED) is 0.0361. The highest BCUT2D eigenvalue weighted by Gasteiger charge is 2.14. The zero-order valence-corrected chi connectivity index (χ0v) is 34.2. The van der Waals surface area contributed by atoms with E-state index >= 15 is 0 Å². The number of amides is 4. The van der Waals surface area contributed by atoms with Gasteiger partial charge in [-0.1, -0.05) is 83.7 Å². The normalized spacial score (nSPS) is 12.4. The summed E-state index contributed by atoms with van der Waals surface area (Å²) in [5.74, 6) is 0.438. The molecule has 0 aliphatic carbocycles. The lowest BCUT2D eigenvalue weighted by molar-refractivity contribution is -0.123. The number of nitrogens with zero attached hydrogens (tertiary/aromatic N) is 1. The summed E-state index contributed by atoms with van der Waals surface area (Å²) < 4.78 is 0. The number of aromatic nitrogens is 2. The second kappa shape index (κ2) is 35.9. The Bertz CT molecular complexity index is 1150. The van der Waals surface area contributed by atoms with E-state index in [1.165, 1.54) is 0 Å². The number of H-pyrrole nitrogens is 1. The molecule has 4 amide bonds. The maximum atomic E-state index is 11.6. The lowest BCUT2D eigenvalue weighted by Crippen LogP contribution is -2.42. The van der Waals surface area contributed by atoms with Gasteiger partial charge in [0.15, 0.2) is 0 Å². The summed E-state index contributed by atoms with van der Waals surface area (Å²) in [6.45, 7) is 11.2. The number of imidazole rings is 1. The molecule has 0 fully saturated rings. The van der Waals surface area contributed by atoms with Crippen LogP contribution in [0.2, 0.25) is 0 Å². The number of nitrogens with two attached hydrogens (primary N) is 4. The van der Waals surface area contributed by atoms with E-state index in [2.05, 4.69) is 84.2 Å². The topological polar surface area (TPSA) is 249 Å². The molecule has 0 radical (unpaired) electrons. The van der Waals surface area contributed by atoms with Crippen LogP contribution in [0.15, 0.2) is 42.9 Å². The van der Waals surface area contributed by atoms with Crippen molar-refractivity contribution in [1.29, 1.82) is 0 Å². The molecule has 304 valence electrons. The first kappa shape index (κ1) is 52.0. The molecule has 0 unspecified atom stereocenters. The zero-order valence-electron chi connectivity index (χ0n) is 32.4. The number of unbranched alkanes of at least 4 members (excludes halogenated alkanes) is 4. The number of thiol groups is 2. The summed E-state index contributed by atoms with van der Waals surface area (Å²) >= 11 is 7.83. The molecule has 0 spiro atoms. The standard InChI is InChI=1S/C13H20N2O.C10H18N4O.2C7H16N2OS/c1-2-3-9-15-13(16)12(14)10-11-7-5-4-6-8-11;1-2-3-4-13-10(15)9(11)5-8-6-12-7-14-8;2*1-2-3-4-9-7(10)6(8)5-11/h4-8,12H,2-3,9-10,14H2,1H3,(H,15,16);6-7,9H,2-5,11H2,1H3,(H,12,14)(H,13,15);2*6,11H,2-5,8H2,1H3,(H,9,10)/t12-;9-;2*6-/m0000/s1/i13+1;10+1;7+1,10+2;7+1. The molecule has 1 heterocycles. The molecule has 1 aromatic heterocycles. The van der Waals surface area contributed by atoms with E-state index in [1.807, 2.05) is 30.3 Å². The predicted molar refractivity (Wildman–Crippen MR) is 224 cm³/mol. The smallest absolute Gasteiger partial charge is 0.237 e. The van der Waals surface area contributed by atoms with Crippen molar-refractivity contribution in [2.45, 2.75) is 116 Å². The van der Waals surface area contributed by atoms with Gasteiger partial charge in [-0.15, -0.1) is 0 Å². The van der Waals surface area contributed by atoms with Crippen LogP contribution < -0.4 is 44.2 Å². The lowest BCUT2D eigenvalue weighted by Gasteiger charge is -2.11. The number of benzene rings is 1. The van der Waals surface area contributed by atoms with Crippen molar-refractivity contribution in [2.24, 2.45) is 22.9 Å². The Balaban J connectivity index is 0. The Morgan fingerprint density at radius 1 is 0.660 bits per heavy atom. The first-order chi connectivity index (χ1) is 25.4. The maximum absolute atomic E-state index is 11.6. The monoisotopic (exact) mass is 789 g/mol. The summed E-state index contributed by atoms with van der Waals surface area (Å²) in [5, 5.41) is 11.1. The number of nitrogens with one attached hydrogen (secondary N) is 5. The van der Waals surface area contributed by atoms with Gasteiger partial charge in [-0.05, 0) is 37.7 Å². The first-order valence-electron chi connectivity index (χ1n) is 18.8. The Hall–Kier alpha value is -3.15. The van der Waals surface area contributed by atoms with E-state index in [-0.39, 0.29) is 23.6 Å². The van der Waals surface area contributed by atoms with Gasteiger partial charge in [0.1, 0.15) is 0 Å². The number of carbonyl (C=O) groups excluding carboxylic acids is 4. The largest absolute Gasteiger partial charge is 0.355 e. The van der Waals surface area contributed by atoms with Crippen molar-refractivity contribution in [3.8, 4) is 0 Å². The van der Waals surface area contributed by atoms with Gasteiger partial charge in [0.05, 0.1) is 30.5 Å². The maximum Gasteiger partial charge on any atom is 0.237 e. The van der Waals surface area contributed by atoms with Gasteiger partial charge in [0.2, 0.25) is 23.6 Å². The fourth-order valence-electron chi connectivity index (χ4n) is 3.93. The van der Waals surface area contributed by atoms with Crippen LogP contribution in [0.3, 0.4) is 0 Å². The Kier molecular flexibility index (Phi) is 35.2. The molecule has 0 aliphatic heterocycles. The van der Waals surface area contributed by atoms with Gasteiger partial charge in [-0.25, -0.2) is 4.98 Å². The van der Waals surface area contributed by atoms with Crippen LogP contribution in [0, 0.1) is 0 Å². The van der Waals surface area contributed by atoms with Crippen LogP contribution in [0.4, 0.5) is 0 Å². The average molecular weight is 789 g/mol. The summed E-state index contributed by atoms with van der Waals surface area (Å²) in [6.07, 6.45) is 12.7. The first-order valence-corrected chi connectivity index (χ1v) is 20.0. The van der Waals surface area contributed by atoms with Crippen LogP contribution >= 0.6 is 25.3 Å². The van der Waals surface area contributed by atoms with Gasteiger partial charge in [0, 0.05) is 56.0 Å². The highest BCUT2D eigenvalue weighted by atomic mass is 32.1. The van der Waals surface area contributed by atoms with Crippen molar-refractivity contribution >= 4 is 48.9 Å². The molecule has 0 saturated heterocycles. The third-order valence-electron chi connectivity index (χ3n) is 7.35. The molecule has 4 atom stereocenters. The summed E-state index contributed by atoms with van der Waals surface area (Å²) in [5.41, 5.74) is 24.4. The van der Waals surface area contributed by atoms with Gasteiger partial charge in [-0.2, -0.15) is 25.3 Å². The van der Waals surface area contributed by atoms with Gasteiger partial charge in [-0.3, -0.25) is 19.2 Å². The van der Waals surface area contributed by atoms with Crippen LogP contribution in [0.5, 0.6) is 0 Å². The van der Waals surface area contributed by atoms with Crippen molar-refractivity contribution in [2.75, 3.05) is 37.7 Å². The number of aromatic amines is 1. The van der Waals surface area contributed by atoms with Gasteiger partial charge < -0.3 is 49.2 Å². The summed E-state index contributed by atoms with van der Waals surface area (Å²) in [7, 11) is 0. The third-order valence-corrected chi connectivity index (χ3v) is 8.14. The molecule has 2 aromatic rings. The Labute approximate surface area is 329 Å². The third kappa shape index (κ3) is 29.9. The molecule has 53 heavy (non-hydrogen) atoms. The van der Waals surface area contributed by atoms with Crippen LogP contribution in [0.25, 0.3) is 0 Å². The summed E-state index contributed by atoms with van der Waals surface area (Å²) in [6, 6.07) is 7.97. The molecule has 14 nitrogen and oxygen atoms in total. The van der Waals surface area contributed by atoms with E-state index in [1.54, 1.807) is 12.5 Å². The fourth-order valence-corrected chi connectivity index (χ4v) is 4.26. The van der Waals surface area contributed by atoms with Crippen molar-refractivity contribution in [1.82, 2.24) is 31.2 Å². The molecule has 0 saturated carbocycles. The van der Waals surface area contributed by atoms with E-state index < -0.39 is 24.2 Å². The number of hydrogen-bond donors (Lipinski definition) is 11. The molecular weight excluding hydrogens is 719 g/mol. The second-order valence-corrected chi connectivity index (χ2v) is 13.1. The molecule has 13 N–H and O–H groups in total. The minimum atomic E-state index is -0.498. The van der Waals surface area contributed by atoms with Crippen molar-refractivity contribution in [3.63, 3.8) is 0 Å². The zero-order chi connectivity index (χ0) is 40.3. The minimum absolute atomic E-state index is 0.0581. The SMILES string of the molecule is CCCCN[13C](=O)[C@@H](N)CS.CCCCN[13C](=O)[C@@H](N)Cc1ccccc1.CCCCN[13C](=O)[C@@H](N)Cc1cnc[nH]1.CCCCN[13C](=[18O])[C@@H](N)CS. The molecule has 2 rings (SSSR count). The predicted octanol–water partition coefficient (Wildman–Crippen LogP) is 1.99. The van der Waals surface area contributed by atoms with E-state index in [0.29, 0.717) is 30.9 Å². The minimum Gasteiger partial charge on any atom is -0.355 e. The number of carbonyl (C=O) groups is 4. The van der Waals surface area contributed by atoms with E-state index in [0.717, 1.165) is 82.3 Å². The fraction of sp³-hybridized carbons (Fsp3) is 0.649. The van der Waals surface area contributed by atoms with Crippen LogP contribution in [-0.4, -0.2) is 95.4 Å². The molecule has 0 bridgehead atoms. The number of hydrogen-bond acceptors (Lipinski definition) is 11. The van der Waals surface area contributed by atoms with Crippen LogP contribution in [0.1, 0.15) is 90.3 Å². The van der Waals surface area contributed by atoms with Gasteiger partial charge in [0.25, 0.3) is 0 Å². The highest BCUT2D eigenvalue weighted by molar-refractivity contribution is 7.80. The molecular formula is C37H70N10O4S2. The second-order valence-electron chi connectivity index (χ2n) is 12.3. The van der Waals surface area contributed by atoms with Crippen molar-refractivity contribution < 1.29 is 19.2 Å². The van der Waals surface area contributed by atoms with Crippen LogP contribution in [-0.2, 0) is 32.0 Å². The molecule has 1 aromatic carbocycles. The summed E-state index contributed by atoms with van der Waals surface area (Å²) in [4.78, 5) is 51.8. The number of rotatable bonds is 22. The Morgan fingerprint density at radius 2 is 1.08 bits per heavy atom. The van der Waals surface area contributed by atoms with E-state index in [4.69, 9.17) is 22.9 Å². The average Bonchev–Trinajstić information content (AvgIpc) is 3.68.